The number of likely N-dealkylation sites (N-methyl/N-ethyl adjacent to an activating group) is 1. The fourth-order valence-corrected chi connectivity index (χ4v) is 5.19. The van der Waals surface area contributed by atoms with Crippen molar-refractivity contribution in [2.45, 2.75) is 5.92 Å². The van der Waals surface area contributed by atoms with Crippen molar-refractivity contribution in [2.24, 2.45) is 4.99 Å². The number of halogens is 1. The van der Waals surface area contributed by atoms with Gasteiger partial charge in [-0.15, -0.1) is 0 Å². The van der Waals surface area contributed by atoms with E-state index in [0.717, 1.165) is 29.1 Å². The number of aromatic nitrogens is 1. The third-order valence-electron chi connectivity index (χ3n) is 6.76. The van der Waals surface area contributed by atoms with Crippen molar-refractivity contribution in [3.63, 3.8) is 0 Å². The zero-order valence-electron chi connectivity index (χ0n) is 21.4. The number of carbonyl (C=O) groups excluding carboxylic acids is 1. The number of ether oxygens (including phenoxy) is 1. The molecule has 1 unspecified atom stereocenters. The van der Waals surface area contributed by atoms with E-state index in [1.165, 1.54) is 6.07 Å². The molecule has 0 fully saturated rings. The van der Waals surface area contributed by atoms with Gasteiger partial charge in [0.25, 0.3) is 0 Å². The summed E-state index contributed by atoms with van der Waals surface area (Å²) < 4.78 is 16.5. The van der Waals surface area contributed by atoms with E-state index in [4.69, 9.17) is 16.3 Å². The van der Waals surface area contributed by atoms with Crippen LogP contribution in [-0.4, -0.2) is 73.7 Å². The zero-order chi connectivity index (χ0) is 27.7. The van der Waals surface area contributed by atoms with E-state index < -0.39 is 4.92 Å². The molecule has 4 aromatic rings. The number of benzene rings is 3. The van der Waals surface area contributed by atoms with Gasteiger partial charge in [-0.2, -0.15) is 0 Å². The van der Waals surface area contributed by atoms with Crippen LogP contribution in [-0.2, 0) is 4.70 Å². The van der Waals surface area contributed by atoms with Crippen molar-refractivity contribution in [2.75, 3.05) is 44.6 Å². The maximum atomic E-state index is 13.8. The van der Waals surface area contributed by atoms with Crippen LogP contribution in [0.5, 0.6) is 5.75 Å². The molecular formula is C27H25BClN5O5. The zero-order valence-corrected chi connectivity index (χ0v) is 22.1. The number of rotatable bonds is 9. The minimum Gasteiger partial charge on any atom is -0.0105 e. The Hall–Kier alpha value is -4.09. The molecule has 1 aliphatic rings. The summed E-state index contributed by atoms with van der Waals surface area (Å²) in [7, 11) is 4.49. The number of anilines is 1. The van der Waals surface area contributed by atoms with Crippen LogP contribution < -0.4 is 9.64 Å². The molecule has 0 saturated carbocycles. The number of aromatic amines is 1. The van der Waals surface area contributed by atoms with Gasteiger partial charge < -0.3 is 9.64 Å². The van der Waals surface area contributed by atoms with Gasteiger partial charge >= 0.3 is 158 Å². The van der Waals surface area contributed by atoms with Crippen molar-refractivity contribution in [3.05, 3.63) is 69.9 Å². The summed E-state index contributed by atoms with van der Waals surface area (Å²) in [5.74, 6) is 0.403. The van der Waals surface area contributed by atoms with Crippen molar-refractivity contribution in [1.29, 1.82) is 0 Å². The first-order chi connectivity index (χ1) is 18.8. The number of carbonyl (C=O) groups is 1. The second-order valence-electron chi connectivity index (χ2n) is 9.58. The minimum atomic E-state index is -0.479. The van der Waals surface area contributed by atoms with Gasteiger partial charge in [-0.1, -0.05) is 0 Å². The molecule has 12 heteroatoms. The number of nitro benzene ring substituents is 1. The Kier molecular flexibility index (Phi) is 7.45. The van der Waals surface area contributed by atoms with Crippen LogP contribution in [0.25, 0.3) is 21.7 Å². The molecule has 2 heterocycles. The second kappa shape index (κ2) is 11.0. The van der Waals surface area contributed by atoms with Crippen LogP contribution in [0.1, 0.15) is 22.0 Å². The third-order valence-corrected chi connectivity index (χ3v) is 7.14. The second-order valence-corrected chi connectivity index (χ2v) is 9.89. The van der Waals surface area contributed by atoms with Crippen molar-refractivity contribution in [1.82, 2.24) is 9.88 Å². The molecule has 1 atom stereocenters. The normalized spacial score (nSPS) is 14.9. The SMILES string of the molecule is CN(C)CCOc1ccc2[nH]c(C(=O)N3CC(CCl)c4c3cc([N+](=O)[O-])c3cc(N=CB=O)ccc43)cc2c1. The van der Waals surface area contributed by atoms with Gasteiger partial charge in [0.15, 0.2) is 0 Å². The minimum absolute atomic E-state index is 0.156. The summed E-state index contributed by atoms with van der Waals surface area (Å²) in [6.07, 6.45) is 1.08. The Morgan fingerprint density at radius 1 is 1.26 bits per heavy atom. The molecule has 0 bridgehead atoms. The number of non-ortho nitro benzene ring substituents is 1. The fourth-order valence-electron chi connectivity index (χ4n) is 4.94. The van der Waals surface area contributed by atoms with Crippen LogP contribution in [0.3, 0.4) is 0 Å². The number of fused-ring (bicyclic) bond motifs is 4. The summed E-state index contributed by atoms with van der Waals surface area (Å²) in [4.78, 5) is 36.1. The Labute approximate surface area is 229 Å². The maximum absolute atomic E-state index is 13.8. The van der Waals surface area contributed by atoms with Crippen molar-refractivity contribution >= 4 is 69.5 Å². The number of hydrogen-bond acceptors (Lipinski definition) is 7. The molecule has 39 heavy (non-hydrogen) atoms. The van der Waals surface area contributed by atoms with Crippen LogP contribution in [0.4, 0.5) is 17.1 Å². The van der Waals surface area contributed by atoms with Gasteiger partial charge in [0, 0.05) is 17.4 Å². The van der Waals surface area contributed by atoms with E-state index in [1.807, 2.05) is 37.2 Å². The Morgan fingerprint density at radius 2 is 2.08 bits per heavy atom. The molecule has 0 aliphatic carbocycles. The number of nitrogens with zero attached hydrogens (tertiary/aromatic N) is 4. The predicted molar refractivity (Wildman–Crippen MR) is 153 cm³/mol. The number of alkyl halides is 1. The van der Waals surface area contributed by atoms with Crippen molar-refractivity contribution in [3.8, 4) is 5.75 Å². The van der Waals surface area contributed by atoms with E-state index >= 15 is 0 Å². The summed E-state index contributed by atoms with van der Waals surface area (Å²) >= 11 is 6.34. The number of amides is 1. The molecule has 1 N–H and O–H groups in total. The Balaban J connectivity index is 1.53. The van der Waals surface area contributed by atoms with E-state index in [-0.39, 0.29) is 29.9 Å². The first-order valence-corrected chi connectivity index (χ1v) is 12.8. The number of nitro groups is 1. The van der Waals surface area contributed by atoms with Crippen LogP contribution in [0.15, 0.2) is 53.5 Å². The molecule has 3 aromatic carbocycles. The Morgan fingerprint density at radius 3 is 2.79 bits per heavy atom. The van der Waals surface area contributed by atoms with E-state index in [1.54, 1.807) is 29.2 Å². The smallest absolute Gasteiger partial charge is 0.0105 e. The quantitative estimate of drug-likeness (QED) is 0.105. The topological polar surface area (TPSA) is 121 Å². The predicted octanol–water partition coefficient (Wildman–Crippen LogP) is 4.86. The monoisotopic (exact) mass is 545 g/mol. The van der Waals surface area contributed by atoms with Gasteiger partial charge in [-0.05, 0) is 32.3 Å². The van der Waals surface area contributed by atoms with Crippen molar-refractivity contribution < 1.29 is 19.2 Å². The molecule has 1 amide bonds. The Bertz CT molecular complexity index is 1640. The fraction of sp³-hybridized carbons (Fsp3) is 0.259. The van der Waals surface area contributed by atoms with Gasteiger partial charge in [0.05, 0.1) is 0 Å². The van der Waals surface area contributed by atoms with Crippen LogP contribution in [0.2, 0.25) is 0 Å². The number of nitrogens with one attached hydrogen (secondary N) is 1. The molecule has 0 saturated heterocycles. The number of aliphatic imine (C=N–C) groups is 1. The summed E-state index contributed by atoms with van der Waals surface area (Å²) in [6.45, 7) is 1.60. The molecule has 10 nitrogen and oxygen atoms in total. The standard InChI is InChI=1S/C27H25BClN5O5/c1-32(2)7-8-39-19-4-6-22-16(9-19)10-23(31-22)27(35)33-14-17(13-29)26-20-5-3-18(30-15-28-36)11-21(20)24(34(37)38)12-25(26)33/h3-6,9-12,15,17,31H,7-8,13-14H2,1-2H3. The molecule has 1 aromatic heterocycles. The summed E-state index contributed by atoms with van der Waals surface area (Å²) in [5, 5.41) is 13.9. The third kappa shape index (κ3) is 5.15. The molecule has 5 rings (SSSR count). The number of hydrogen-bond donors (Lipinski definition) is 1. The average Bonchev–Trinajstić information content (AvgIpc) is 3.52. The van der Waals surface area contributed by atoms with Gasteiger partial charge in [-0.3, -0.25) is 0 Å². The van der Waals surface area contributed by atoms with E-state index in [0.29, 0.717) is 47.3 Å². The van der Waals surface area contributed by atoms with Gasteiger partial charge in [-0.25, -0.2) is 0 Å². The number of H-pyrrole nitrogens is 1. The summed E-state index contributed by atoms with van der Waals surface area (Å²) in [5.41, 5.74) is 2.63. The van der Waals surface area contributed by atoms with Crippen LogP contribution >= 0.6 is 11.6 Å². The first-order valence-electron chi connectivity index (χ1n) is 12.3. The average molecular weight is 546 g/mol. The van der Waals surface area contributed by atoms with E-state index in [2.05, 4.69) is 9.98 Å². The first kappa shape index (κ1) is 26.5. The molecule has 0 radical (unpaired) electrons. The molecule has 198 valence electrons. The van der Waals surface area contributed by atoms with Gasteiger partial charge in [0.2, 0.25) is 0 Å². The van der Waals surface area contributed by atoms with E-state index in [9.17, 15) is 19.6 Å². The molecule has 0 spiro atoms. The molecular weight excluding hydrogens is 521 g/mol. The van der Waals surface area contributed by atoms with Crippen LogP contribution in [0, 0.1) is 10.1 Å². The molecule has 1 aliphatic heterocycles. The summed E-state index contributed by atoms with van der Waals surface area (Å²) in [6, 6.07) is 13.7. The van der Waals surface area contributed by atoms with Gasteiger partial charge in [0.1, 0.15) is 12.4 Å².